The van der Waals surface area contributed by atoms with Crippen molar-refractivity contribution >= 4 is 28.5 Å². The molecule has 5 N–H and O–H groups in total. The molecule has 2 aromatic rings. The predicted molar refractivity (Wildman–Crippen MR) is 89.5 cm³/mol. The lowest BCUT2D eigenvalue weighted by molar-refractivity contribution is 0.312. The van der Waals surface area contributed by atoms with Crippen molar-refractivity contribution in [3.8, 4) is 11.1 Å². The number of nitrogen functional groups attached to an aromatic ring is 2. The minimum atomic E-state index is 0.616. The van der Waals surface area contributed by atoms with E-state index in [1.54, 1.807) is 11.3 Å². The van der Waals surface area contributed by atoms with Crippen LogP contribution >= 0.6 is 11.3 Å². The van der Waals surface area contributed by atoms with Gasteiger partial charge in [-0.3, -0.25) is 5.84 Å². The second-order valence-corrected chi connectivity index (χ2v) is 6.01. The van der Waals surface area contributed by atoms with Crippen LogP contribution in [-0.2, 0) is 0 Å². The molecule has 7 heteroatoms. The van der Waals surface area contributed by atoms with Crippen molar-refractivity contribution < 1.29 is 0 Å². The van der Waals surface area contributed by atoms with E-state index >= 15 is 0 Å². The molecule has 0 spiro atoms. The highest BCUT2D eigenvalue weighted by molar-refractivity contribution is 7.08. The fourth-order valence-electron chi connectivity index (χ4n) is 2.58. The first-order valence-electron chi connectivity index (χ1n) is 6.92. The van der Waals surface area contributed by atoms with Crippen molar-refractivity contribution in [1.29, 1.82) is 0 Å². The Morgan fingerprint density at radius 3 is 2.67 bits per heavy atom. The van der Waals surface area contributed by atoms with Crippen molar-refractivity contribution in [2.75, 3.05) is 49.3 Å². The van der Waals surface area contributed by atoms with Crippen LogP contribution in [-0.4, -0.2) is 43.1 Å². The van der Waals surface area contributed by atoms with Crippen LogP contribution in [0.3, 0.4) is 0 Å². The summed E-state index contributed by atoms with van der Waals surface area (Å²) in [6.45, 7) is 3.88. The number of thiophene rings is 1. The third-order valence-electron chi connectivity index (χ3n) is 3.87. The maximum Gasteiger partial charge on any atom is 0.154 e. The van der Waals surface area contributed by atoms with E-state index < -0.39 is 0 Å². The smallest absolute Gasteiger partial charge is 0.154 e. The Hall–Kier alpha value is -1.83. The van der Waals surface area contributed by atoms with Crippen LogP contribution in [0.2, 0.25) is 0 Å². The van der Waals surface area contributed by atoms with Gasteiger partial charge in [-0.2, -0.15) is 11.3 Å². The molecule has 0 unspecified atom stereocenters. The molecule has 1 aliphatic rings. The molecule has 0 bridgehead atoms. The van der Waals surface area contributed by atoms with Gasteiger partial charge in [0.1, 0.15) is 5.69 Å². The molecule has 2 aromatic heterocycles. The van der Waals surface area contributed by atoms with E-state index in [1.807, 2.05) is 17.6 Å². The summed E-state index contributed by atoms with van der Waals surface area (Å²) in [6, 6.07) is 2.04. The third kappa shape index (κ3) is 2.67. The van der Waals surface area contributed by atoms with E-state index in [2.05, 4.69) is 32.6 Å². The average molecular weight is 304 g/mol. The Bertz CT molecular complexity index is 604. The highest BCUT2D eigenvalue weighted by Crippen LogP contribution is 2.37. The van der Waals surface area contributed by atoms with Crippen LogP contribution < -0.4 is 21.9 Å². The number of nitrogens with two attached hydrogens (primary N) is 2. The lowest BCUT2D eigenvalue weighted by atomic mass is 10.1. The van der Waals surface area contributed by atoms with Crippen LogP contribution in [0.15, 0.2) is 23.0 Å². The number of rotatable bonds is 3. The normalized spacial score (nSPS) is 16.2. The number of hydrogen-bond acceptors (Lipinski definition) is 7. The van der Waals surface area contributed by atoms with Gasteiger partial charge in [0.15, 0.2) is 5.82 Å². The molecule has 112 valence electrons. The number of hydrogen-bond donors (Lipinski definition) is 3. The Morgan fingerprint density at radius 1 is 1.29 bits per heavy atom. The number of likely N-dealkylation sites (N-methyl/N-ethyl adjacent to an activating group) is 1. The second kappa shape index (κ2) is 5.88. The molecule has 0 amide bonds. The maximum atomic E-state index is 6.31. The van der Waals surface area contributed by atoms with E-state index in [9.17, 15) is 0 Å². The molecule has 0 saturated carbocycles. The van der Waals surface area contributed by atoms with E-state index in [1.165, 1.54) is 0 Å². The Labute approximate surface area is 128 Å². The van der Waals surface area contributed by atoms with Gasteiger partial charge in [-0.1, -0.05) is 0 Å². The van der Waals surface area contributed by atoms with Crippen LogP contribution in [0.5, 0.6) is 0 Å². The summed E-state index contributed by atoms with van der Waals surface area (Å²) in [6.07, 6.45) is 1.85. The molecule has 1 saturated heterocycles. The summed E-state index contributed by atoms with van der Waals surface area (Å²) >= 11 is 1.64. The van der Waals surface area contributed by atoms with Gasteiger partial charge in [0.25, 0.3) is 0 Å². The SMILES string of the molecule is CN1CCN(c2ncc(-c3ccsc3)c(NN)c2N)CC1. The maximum absolute atomic E-state index is 6.31. The Morgan fingerprint density at radius 2 is 2.05 bits per heavy atom. The molecule has 6 nitrogen and oxygen atoms in total. The number of aromatic nitrogens is 1. The minimum absolute atomic E-state index is 0.616. The summed E-state index contributed by atoms with van der Waals surface area (Å²) in [5.41, 5.74) is 12.4. The van der Waals surface area contributed by atoms with E-state index in [4.69, 9.17) is 11.6 Å². The third-order valence-corrected chi connectivity index (χ3v) is 4.56. The van der Waals surface area contributed by atoms with E-state index in [0.717, 1.165) is 48.8 Å². The molecule has 1 fully saturated rings. The monoisotopic (exact) mass is 304 g/mol. The van der Waals surface area contributed by atoms with Crippen molar-refractivity contribution in [2.24, 2.45) is 5.84 Å². The quantitative estimate of drug-likeness (QED) is 0.588. The van der Waals surface area contributed by atoms with Gasteiger partial charge < -0.3 is 21.0 Å². The van der Waals surface area contributed by atoms with Crippen LogP contribution in [0.4, 0.5) is 17.2 Å². The molecule has 21 heavy (non-hydrogen) atoms. The fraction of sp³-hybridized carbons (Fsp3) is 0.357. The lowest BCUT2D eigenvalue weighted by Gasteiger charge is -2.34. The van der Waals surface area contributed by atoms with Gasteiger partial charge in [-0.05, 0) is 29.4 Å². The van der Waals surface area contributed by atoms with Gasteiger partial charge in [-0.15, -0.1) is 0 Å². The van der Waals surface area contributed by atoms with E-state index in [0.29, 0.717) is 5.69 Å². The van der Waals surface area contributed by atoms with Crippen molar-refractivity contribution in [3.05, 3.63) is 23.0 Å². The molecular weight excluding hydrogens is 284 g/mol. The van der Waals surface area contributed by atoms with Crippen LogP contribution in [0.1, 0.15) is 0 Å². The predicted octanol–water partition coefficient (Wildman–Crippen LogP) is 1.43. The summed E-state index contributed by atoms with van der Waals surface area (Å²) in [5.74, 6) is 6.51. The molecule has 3 rings (SSSR count). The summed E-state index contributed by atoms with van der Waals surface area (Å²) in [4.78, 5) is 9.10. The molecule has 0 aromatic carbocycles. The number of anilines is 3. The molecule has 0 radical (unpaired) electrons. The fourth-order valence-corrected chi connectivity index (χ4v) is 3.23. The highest BCUT2D eigenvalue weighted by Gasteiger charge is 2.21. The van der Waals surface area contributed by atoms with Gasteiger partial charge in [-0.25, -0.2) is 4.98 Å². The largest absolute Gasteiger partial charge is 0.394 e. The van der Waals surface area contributed by atoms with Crippen molar-refractivity contribution in [2.45, 2.75) is 0 Å². The summed E-state index contributed by atoms with van der Waals surface area (Å²) in [5, 5.41) is 4.09. The van der Waals surface area contributed by atoms with Crippen molar-refractivity contribution in [3.63, 3.8) is 0 Å². The lowest BCUT2D eigenvalue weighted by Crippen LogP contribution is -2.45. The number of pyridine rings is 1. The molecular formula is C14H20N6S. The van der Waals surface area contributed by atoms with Gasteiger partial charge in [0, 0.05) is 37.9 Å². The number of nitrogens with one attached hydrogen (secondary N) is 1. The second-order valence-electron chi connectivity index (χ2n) is 5.23. The van der Waals surface area contributed by atoms with Crippen molar-refractivity contribution in [1.82, 2.24) is 9.88 Å². The summed E-state index contributed by atoms with van der Waals surface area (Å²) < 4.78 is 0. The van der Waals surface area contributed by atoms with Gasteiger partial charge in [0.2, 0.25) is 0 Å². The first-order chi connectivity index (χ1) is 10.2. The topological polar surface area (TPSA) is 83.4 Å². The standard InChI is InChI=1S/C14H20N6S/c1-19-3-5-20(6-4-19)14-12(15)13(18-16)11(8-17-14)10-2-7-21-9-10/h2,7-9H,3-6,15-16H2,1H3,(H,17,18). The zero-order valence-corrected chi connectivity index (χ0v) is 12.9. The molecule has 1 aliphatic heterocycles. The summed E-state index contributed by atoms with van der Waals surface area (Å²) in [7, 11) is 2.13. The van der Waals surface area contributed by atoms with Crippen LogP contribution in [0.25, 0.3) is 11.1 Å². The number of nitrogens with zero attached hydrogens (tertiary/aromatic N) is 3. The Kier molecular flexibility index (Phi) is 3.96. The van der Waals surface area contributed by atoms with E-state index in [-0.39, 0.29) is 0 Å². The molecule has 0 atom stereocenters. The van der Waals surface area contributed by atoms with Gasteiger partial charge in [0.05, 0.1) is 5.69 Å². The zero-order chi connectivity index (χ0) is 14.8. The van der Waals surface area contributed by atoms with Crippen LogP contribution in [0, 0.1) is 0 Å². The Balaban J connectivity index is 1.97. The molecule has 3 heterocycles. The zero-order valence-electron chi connectivity index (χ0n) is 12.0. The molecule has 0 aliphatic carbocycles. The number of piperazine rings is 1. The van der Waals surface area contributed by atoms with Gasteiger partial charge >= 0.3 is 0 Å². The minimum Gasteiger partial charge on any atom is -0.394 e. The highest BCUT2D eigenvalue weighted by atomic mass is 32.1. The number of hydrazine groups is 1. The average Bonchev–Trinajstić information content (AvgIpc) is 3.02. The first-order valence-corrected chi connectivity index (χ1v) is 7.86. The first kappa shape index (κ1) is 14.1.